The second kappa shape index (κ2) is 8.22. The highest BCUT2D eigenvalue weighted by atomic mass is 14.9. The maximum absolute atomic E-state index is 5.23. The molecule has 0 atom stereocenters. The lowest BCUT2D eigenvalue weighted by atomic mass is 9.93. The molecule has 0 radical (unpaired) electrons. The molecule has 1 aromatic heterocycles. The minimum Gasteiger partial charge on any atom is -0.228 e. The van der Waals surface area contributed by atoms with Crippen LogP contribution in [0.1, 0.15) is 0 Å². The van der Waals surface area contributed by atoms with Gasteiger partial charge < -0.3 is 0 Å². The fraction of sp³-hybridized carbons (Fsp3) is 0. The van der Waals surface area contributed by atoms with Gasteiger partial charge in [-0.1, -0.05) is 121 Å². The zero-order valence-corrected chi connectivity index (χ0v) is 20.6. The van der Waals surface area contributed by atoms with E-state index in [1.54, 1.807) is 0 Å². The summed E-state index contributed by atoms with van der Waals surface area (Å²) in [5.74, 6) is 0.741. The summed E-state index contributed by atoms with van der Waals surface area (Å²) in [6.07, 6.45) is 0. The molecule has 0 N–H and O–H groups in total. The molecule has 0 unspecified atom stereocenters. The lowest BCUT2D eigenvalue weighted by Crippen LogP contribution is -1.96. The van der Waals surface area contributed by atoms with Gasteiger partial charge in [0.2, 0.25) is 0 Å². The molecule has 8 rings (SSSR count). The zero-order valence-electron chi connectivity index (χ0n) is 20.6. The van der Waals surface area contributed by atoms with Gasteiger partial charge in [0.15, 0.2) is 5.82 Å². The first kappa shape index (κ1) is 21.0. The highest BCUT2D eigenvalue weighted by molar-refractivity contribution is 6.25. The van der Waals surface area contributed by atoms with Crippen molar-refractivity contribution in [2.75, 3.05) is 0 Å². The van der Waals surface area contributed by atoms with Crippen LogP contribution in [-0.4, -0.2) is 9.97 Å². The van der Waals surface area contributed by atoms with Gasteiger partial charge in [-0.05, 0) is 55.2 Å². The minimum absolute atomic E-state index is 0.741. The van der Waals surface area contributed by atoms with E-state index in [-0.39, 0.29) is 0 Å². The molecule has 0 bridgehead atoms. The summed E-state index contributed by atoms with van der Waals surface area (Å²) in [7, 11) is 0. The average Bonchev–Trinajstić information content (AvgIpc) is 3.00. The maximum atomic E-state index is 5.23. The largest absolute Gasteiger partial charge is 0.228 e. The normalized spacial score (nSPS) is 11.7. The van der Waals surface area contributed by atoms with Crippen LogP contribution < -0.4 is 0 Å². The molecule has 2 nitrogen and oxygen atoms in total. The SMILES string of the molecule is c1ccc(-c2nc(-c3ccc4c5ccccc5c5ccccc5c4c3)nc3ccc4ccccc4c23)cc1. The predicted molar refractivity (Wildman–Crippen MR) is 160 cm³/mol. The number of aromatic nitrogens is 2. The molecular weight excluding hydrogens is 460 g/mol. The van der Waals surface area contributed by atoms with Gasteiger partial charge in [0, 0.05) is 16.5 Å². The Balaban J connectivity index is 1.46. The third kappa shape index (κ3) is 3.14. The molecule has 0 saturated heterocycles. The first-order valence-electron chi connectivity index (χ1n) is 12.9. The van der Waals surface area contributed by atoms with E-state index in [0.717, 1.165) is 33.5 Å². The molecule has 7 aromatic carbocycles. The number of hydrogen-bond donors (Lipinski definition) is 0. The van der Waals surface area contributed by atoms with Crippen LogP contribution in [0.5, 0.6) is 0 Å². The van der Waals surface area contributed by atoms with Gasteiger partial charge in [0.05, 0.1) is 11.2 Å². The molecule has 0 aliphatic carbocycles. The van der Waals surface area contributed by atoms with E-state index in [9.17, 15) is 0 Å². The Hall–Kier alpha value is -5.08. The van der Waals surface area contributed by atoms with Crippen molar-refractivity contribution >= 4 is 54.0 Å². The van der Waals surface area contributed by atoms with Gasteiger partial charge in [-0.2, -0.15) is 0 Å². The van der Waals surface area contributed by atoms with Gasteiger partial charge in [-0.3, -0.25) is 0 Å². The van der Waals surface area contributed by atoms with Crippen LogP contribution in [0.25, 0.3) is 76.6 Å². The van der Waals surface area contributed by atoms with Crippen LogP contribution in [0.15, 0.2) is 133 Å². The number of nitrogens with zero attached hydrogens (tertiary/aromatic N) is 2. The lowest BCUT2D eigenvalue weighted by Gasteiger charge is -2.14. The van der Waals surface area contributed by atoms with Gasteiger partial charge >= 0.3 is 0 Å². The van der Waals surface area contributed by atoms with Crippen LogP contribution >= 0.6 is 0 Å². The van der Waals surface area contributed by atoms with Crippen molar-refractivity contribution < 1.29 is 0 Å². The Kier molecular flexibility index (Phi) is 4.55. The summed E-state index contributed by atoms with van der Waals surface area (Å²) in [5.41, 5.74) is 4.03. The molecule has 2 heteroatoms. The lowest BCUT2D eigenvalue weighted by molar-refractivity contribution is 1.23. The first-order chi connectivity index (χ1) is 18.8. The third-order valence-electron chi connectivity index (χ3n) is 7.64. The smallest absolute Gasteiger partial charge is 0.160 e. The van der Waals surface area contributed by atoms with Crippen molar-refractivity contribution in [1.82, 2.24) is 9.97 Å². The Morgan fingerprint density at radius 3 is 1.66 bits per heavy atom. The fourth-order valence-corrected chi connectivity index (χ4v) is 5.88. The number of fused-ring (bicyclic) bond motifs is 9. The summed E-state index contributed by atoms with van der Waals surface area (Å²) >= 11 is 0. The topological polar surface area (TPSA) is 25.8 Å². The van der Waals surface area contributed by atoms with Crippen molar-refractivity contribution in [3.63, 3.8) is 0 Å². The molecular formula is C36H22N2. The van der Waals surface area contributed by atoms with Gasteiger partial charge in [0.1, 0.15) is 0 Å². The van der Waals surface area contributed by atoms with Gasteiger partial charge in [-0.15, -0.1) is 0 Å². The van der Waals surface area contributed by atoms with Crippen molar-refractivity contribution in [2.24, 2.45) is 0 Å². The monoisotopic (exact) mass is 482 g/mol. The van der Waals surface area contributed by atoms with Crippen LogP contribution in [0.4, 0.5) is 0 Å². The van der Waals surface area contributed by atoms with E-state index < -0.39 is 0 Å². The molecule has 0 spiro atoms. The van der Waals surface area contributed by atoms with Gasteiger partial charge in [0.25, 0.3) is 0 Å². The van der Waals surface area contributed by atoms with E-state index in [4.69, 9.17) is 9.97 Å². The number of rotatable bonds is 2. The van der Waals surface area contributed by atoms with Crippen LogP contribution in [0, 0.1) is 0 Å². The van der Waals surface area contributed by atoms with Crippen molar-refractivity contribution in [2.45, 2.75) is 0 Å². The predicted octanol–water partition coefficient (Wildman–Crippen LogP) is 9.58. The Labute approximate surface area is 219 Å². The maximum Gasteiger partial charge on any atom is 0.160 e. The average molecular weight is 483 g/mol. The van der Waals surface area contributed by atoms with Crippen molar-refractivity contribution in [3.8, 4) is 22.6 Å². The molecule has 0 aliphatic rings. The molecule has 0 aliphatic heterocycles. The molecule has 1 heterocycles. The Morgan fingerprint density at radius 2 is 0.947 bits per heavy atom. The quantitative estimate of drug-likeness (QED) is 0.229. The summed E-state index contributed by atoms with van der Waals surface area (Å²) in [5, 5.41) is 11.0. The summed E-state index contributed by atoms with van der Waals surface area (Å²) in [4.78, 5) is 10.3. The standard InChI is InChI=1S/C36H22N2/c1-2-11-24(12-3-1)35-34-26-13-5-4-10-23(26)19-21-33(34)37-36(38-35)25-18-20-31-29-16-7-6-14-27(29)28-15-8-9-17-30(28)32(31)22-25/h1-22H. The summed E-state index contributed by atoms with van der Waals surface area (Å²) in [6.45, 7) is 0. The van der Waals surface area contributed by atoms with E-state index in [1.807, 2.05) is 6.07 Å². The summed E-state index contributed by atoms with van der Waals surface area (Å²) in [6, 6.07) is 47.2. The number of benzene rings is 7. The third-order valence-corrected chi connectivity index (χ3v) is 7.64. The Morgan fingerprint density at radius 1 is 0.368 bits per heavy atom. The fourth-order valence-electron chi connectivity index (χ4n) is 5.88. The van der Waals surface area contributed by atoms with Crippen molar-refractivity contribution in [3.05, 3.63) is 133 Å². The molecule has 8 aromatic rings. The number of hydrogen-bond acceptors (Lipinski definition) is 2. The highest BCUT2D eigenvalue weighted by Crippen LogP contribution is 2.38. The summed E-state index contributed by atoms with van der Waals surface area (Å²) < 4.78 is 0. The van der Waals surface area contributed by atoms with Crippen LogP contribution in [-0.2, 0) is 0 Å². The molecule has 0 amide bonds. The zero-order chi connectivity index (χ0) is 25.1. The Bertz CT molecular complexity index is 2140. The minimum atomic E-state index is 0.741. The second-order valence-corrected chi connectivity index (χ2v) is 9.79. The highest BCUT2D eigenvalue weighted by Gasteiger charge is 2.15. The molecule has 0 saturated carbocycles. The van der Waals surface area contributed by atoms with Crippen LogP contribution in [0.2, 0.25) is 0 Å². The first-order valence-corrected chi connectivity index (χ1v) is 12.9. The van der Waals surface area contributed by atoms with Crippen molar-refractivity contribution in [1.29, 1.82) is 0 Å². The molecule has 176 valence electrons. The second-order valence-electron chi connectivity index (χ2n) is 9.79. The van der Waals surface area contributed by atoms with Crippen LogP contribution in [0.3, 0.4) is 0 Å². The van der Waals surface area contributed by atoms with E-state index in [0.29, 0.717) is 0 Å². The van der Waals surface area contributed by atoms with E-state index in [2.05, 4.69) is 127 Å². The molecule has 38 heavy (non-hydrogen) atoms. The van der Waals surface area contributed by atoms with Gasteiger partial charge in [-0.25, -0.2) is 9.97 Å². The molecule has 0 fully saturated rings. The van der Waals surface area contributed by atoms with E-state index >= 15 is 0 Å². The van der Waals surface area contributed by atoms with E-state index in [1.165, 1.54) is 43.1 Å².